The summed E-state index contributed by atoms with van der Waals surface area (Å²) in [6.07, 6.45) is 5.23. The number of aryl methyl sites for hydroxylation is 1. The Labute approximate surface area is 278 Å². The van der Waals surface area contributed by atoms with Crippen molar-refractivity contribution in [1.29, 1.82) is 0 Å². The third-order valence-corrected chi connectivity index (χ3v) is 11.1. The van der Waals surface area contributed by atoms with Gasteiger partial charge in [0.15, 0.2) is 5.65 Å². The number of pyridine rings is 2. The number of aromatic nitrogens is 4. The van der Waals surface area contributed by atoms with Crippen LogP contribution in [0.4, 0.5) is 0 Å². The Kier molecular flexibility index (Phi) is 9.67. The Morgan fingerprint density at radius 1 is 1.11 bits per heavy atom. The van der Waals surface area contributed by atoms with E-state index in [0.717, 1.165) is 16.2 Å². The van der Waals surface area contributed by atoms with E-state index in [9.17, 15) is 22.8 Å². The summed E-state index contributed by atoms with van der Waals surface area (Å²) in [7, 11) is -4.06. The van der Waals surface area contributed by atoms with Gasteiger partial charge in [-0.1, -0.05) is 19.1 Å². The number of carbonyl (C=O) groups excluding carboxylic acids is 2. The van der Waals surface area contributed by atoms with E-state index >= 15 is 0 Å². The Morgan fingerprint density at radius 3 is 2.45 bits per heavy atom. The van der Waals surface area contributed by atoms with Gasteiger partial charge in [0.1, 0.15) is 22.6 Å². The molecule has 4 heterocycles. The fraction of sp³-hybridized carbons (Fsp3) is 0.424. The molecule has 250 valence electrons. The summed E-state index contributed by atoms with van der Waals surface area (Å²) in [5, 5.41) is 2.82. The zero-order chi connectivity index (χ0) is 34.1. The minimum Gasteiger partial charge on any atom is -0.458 e. The lowest BCUT2D eigenvalue weighted by molar-refractivity contribution is -0.158. The van der Waals surface area contributed by atoms with Gasteiger partial charge in [0, 0.05) is 36.3 Å². The third-order valence-electron chi connectivity index (χ3n) is 7.78. The lowest BCUT2D eigenvalue weighted by Gasteiger charge is -2.32. The van der Waals surface area contributed by atoms with Crippen LogP contribution in [-0.4, -0.2) is 72.0 Å². The van der Waals surface area contributed by atoms with Crippen LogP contribution in [0.5, 0.6) is 0 Å². The maximum absolute atomic E-state index is 14.0. The van der Waals surface area contributed by atoms with E-state index in [1.165, 1.54) is 36.3 Å². The molecule has 14 heteroatoms. The molecular weight excluding hydrogens is 641 g/mol. The molecule has 1 amide bonds. The number of ether oxygens (including phenoxy) is 1. The number of nitrogens with one attached hydrogen (secondary N) is 1. The van der Waals surface area contributed by atoms with Gasteiger partial charge in [-0.3, -0.25) is 14.3 Å². The van der Waals surface area contributed by atoms with E-state index in [2.05, 4.69) is 15.3 Å². The molecule has 5 rings (SSSR count). The summed E-state index contributed by atoms with van der Waals surface area (Å²) < 4.78 is 36.5. The topological polar surface area (TPSA) is 145 Å². The first-order chi connectivity index (χ1) is 22.1. The van der Waals surface area contributed by atoms with Crippen molar-refractivity contribution in [2.24, 2.45) is 0 Å². The molecule has 1 N–H and O–H groups in total. The van der Waals surface area contributed by atoms with Crippen LogP contribution in [0.2, 0.25) is 0 Å². The minimum atomic E-state index is -4.06. The summed E-state index contributed by atoms with van der Waals surface area (Å²) in [5.41, 5.74) is 1.56. The third kappa shape index (κ3) is 7.14. The second-order valence-electron chi connectivity index (χ2n) is 12.9. The fourth-order valence-electron chi connectivity index (χ4n) is 5.61. The molecule has 47 heavy (non-hydrogen) atoms. The SMILES string of the molecule is CCCn1c(=O)n(-c2ccc(C[C@H](NC(=O)[C@H]3N(S(=O)(=O)c4cccnc4)CSC3(C)C)C(=O)OC(C)(C)C)cc2)c2ncccc21. The average Bonchev–Trinajstić information content (AvgIpc) is 3.49. The van der Waals surface area contributed by atoms with Crippen molar-refractivity contribution < 1.29 is 22.7 Å². The second kappa shape index (κ2) is 13.2. The number of amides is 1. The van der Waals surface area contributed by atoms with Crippen molar-refractivity contribution in [3.8, 4) is 5.69 Å². The standard InChI is InChI=1S/C33H40N6O6S2/c1-7-18-37-26-11-9-17-35-28(26)39(31(37)42)23-14-12-22(13-15-23)19-25(30(41)45-32(2,3)4)36-29(40)27-33(5,6)46-21-38(27)47(43,44)24-10-8-16-34-20-24/h8-17,20,25,27H,7,18-19,21H2,1-6H3,(H,36,40)/t25-,27+/m0/s1. The van der Waals surface area contributed by atoms with Crippen LogP contribution in [-0.2, 0) is 37.3 Å². The van der Waals surface area contributed by atoms with Crippen molar-refractivity contribution in [1.82, 2.24) is 28.7 Å². The van der Waals surface area contributed by atoms with Gasteiger partial charge in [0.2, 0.25) is 15.9 Å². The van der Waals surface area contributed by atoms with Crippen molar-refractivity contribution in [3.63, 3.8) is 0 Å². The molecule has 12 nitrogen and oxygen atoms in total. The van der Waals surface area contributed by atoms with E-state index in [-0.39, 0.29) is 22.9 Å². The molecule has 3 aromatic heterocycles. The molecular formula is C33H40N6O6S2. The lowest BCUT2D eigenvalue weighted by Crippen LogP contribution is -2.57. The number of fused-ring (bicyclic) bond motifs is 1. The highest BCUT2D eigenvalue weighted by Gasteiger charge is 2.51. The molecule has 2 atom stereocenters. The highest BCUT2D eigenvalue weighted by atomic mass is 32.2. The van der Waals surface area contributed by atoms with Gasteiger partial charge in [-0.25, -0.2) is 27.6 Å². The molecule has 1 aliphatic heterocycles. The van der Waals surface area contributed by atoms with Crippen LogP contribution in [0, 0.1) is 0 Å². The van der Waals surface area contributed by atoms with E-state index in [1.807, 2.05) is 13.0 Å². The normalized spacial score (nSPS) is 17.4. The van der Waals surface area contributed by atoms with E-state index in [0.29, 0.717) is 23.4 Å². The molecule has 1 saturated heterocycles. The van der Waals surface area contributed by atoms with Crippen LogP contribution < -0.4 is 11.0 Å². The van der Waals surface area contributed by atoms with Crippen LogP contribution >= 0.6 is 11.8 Å². The Hall–Kier alpha value is -4.01. The monoisotopic (exact) mass is 680 g/mol. The van der Waals surface area contributed by atoms with Crippen molar-refractivity contribution >= 4 is 44.8 Å². The number of benzene rings is 1. The lowest BCUT2D eigenvalue weighted by atomic mass is 10.0. The molecule has 0 saturated carbocycles. The molecule has 1 aliphatic rings. The molecule has 1 aromatic carbocycles. The molecule has 0 radical (unpaired) electrons. The molecule has 0 aliphatic carbocycles. The highest BCUT2D eigenvalue weighted by molar-refractivity contribution is 8.02. The Balaban J connectivity index is 1.44. The summed E-state index contributed by atoms with van der Waals surface area (Å²) in [6.45, 7) is 11.4. The van der Waals surface area contributed by atoms with Gasteiger partial charge in [-0.2, -0.15) is 4.31 Å². The number of esters is 1. The van der Waals surface area contributed by atoms with E-state index in [1.54, 1.807) is 80.3 Å². The summed E-state index contributed by atoms with van der Waals surface area (Å²) in [5.74, 6) is -1.20. The maximum atomic E-state index is 14.0. The second-order valence-corrected chi connectivity index (χ2v) is 16.4. The quantitative estimate of drug-likeness (QED) is 0.247. The first-order valence-electron chi connectivity index (χ1n) is 15.4. The highest BCUT2D eigenvalue weighted by Crippen LogP contribution is 2.42. The average molecular weight is 681 g/mol. The Morgan fingerprint density at radius 2 is 1.81 bits per heavy atom. The number of nitrogens with zero attached hydrogens (tertiary/aromatic N) is 5. The van der Waals surface area contributed by atoms with E-state index < -0.39 is 44.3 Å². The molecule has 1 fully saturated rings. The summed E-state index contributed by atoms with van der Waals surface area (Å²) in [6, 6.07) is 11.5. The number of imidazole rings is 1. The van der Waals surface area contributed by atoms with E-state index in [4.69, 9.17) is 4.74 Å². The number of sulfonamides is 1. The minimum absolute atomic E-state index is 0.0213. The van der Waals surface area contributed by atoms with Crippen LogP contribution in [0.1, 0.15) is 53.5 Å². The number of hydrogen-bond donors (Lipinski definition) is 1. The summed E-state index contributed by atoms with van der Waals surface area (Å²) in [4.78, 5) is 49.2. The number of thioether (sulfide) groups is 1. The van der Waals surface area contributed by atoms with Crippen LogP contribution in [0.15, 0.2) is 76.8 Å². The zero-order valence-electron chi connectivity index (χ0n) is 27.3. The summed E-state index contributed by atoms with van der Waals surface area (Å²) >= 11 is 1.34. The van der Waals surface area contributed by atoms with Gasteiger partial charge < -0.3 is 10.1 Å². The van der Waals surface area contributed by atoms with Crippen LogP contribution in [0.3, 0.4) is 0 Å². The molecule has 0 unspecified atom stereocenters. The molecule has 0 bridgehead atoms. The fourth-order valence-corrected chi connectivity index (χ4v) is 8.75. The van der Waals surface area contributed by atoms with Gasteiger partial charge in [0.05, 0.1) is 17.1 Å². The predicted octanol–water partition coefficient (Wildman–Crippen LogP) is 3.90. The molecule has 4 aromatic rings. The Bertz CT molecular complexity index is 1930. The van der Waals surface area contributed by atoms with Crippen LogP contribution in [0.25, 0.3) is 16.9 Å². The number of hydrogen-bond acceptors (Lipinski definition) is 9. The van der Waals surface area contributed by atoms with Gasteiger partial charge in [-0.15, -0.1) is 11.8 Å². The first-order valence-corrected chi connectivity index (χ1v) is 17.8. The maximum Gasteiger partial charge on any atom is 0.334 e. The smallest absolute Gasteiger partial charge is 0.334 e. The molecule has 0 spiro atoms. The largest absolute Gasteiger partial charge is 0.458 e. The van der Waals surface area contributed by atoms with Crippen molar-refractivity contribution in [2.45, 2.75) is 88.3 Å². The van der Waals surface area contributed by atoms with Gasteiger partial charge in [-0.05, 0) is 83.0 Å². The van der Waals surface area contributed by atoms with Gasteiger partial charge >= 0.3 is 11.7 Å². The predicted molar refractivity (Wildman–Crippen MR) is 181 cm³/mol. The number of rotatable bonds is 10. The number of carbonyl (C=O) groups is 2. The first kappa shape index (κ1) is 34.3. The zero-order valence-corrected chi connectivity index (χ0v) is 29.0. The van der Waals surface area contributed by atoms with Gasteiger partial charge in [0.25, 0.3) is 0 Å². The van der Waals surface area contributed by atoms with Crippen molar-refractivity contribution in [3.05, 3.63) is 83.2 Å². The van der Waals surface area contributed by atoms with Crippen molar-refractivity contribution in [2.75, 3.05) is 5.88 Å².